The number of carbonyl (C=O) groups is 1. The van der Waals surface area contributed by atoms with Crippen molar-refractivity contribution < 1.29 is 18.0 Å². The van der Waals surface area contributed by atoms with E-state index in [1.54, 1.807) is 24.5 Å². The van der Waals surface area contributed by atoms with E-state index in [1.807, 2.05) is 6.07 Å². The van der Waals surface area contributed by atoms with Crippen LogP contribution in [0.3, 0.4) is 0 Å². The lowest BCUT2D eigenvalue weighted by molar-refractivity contribution is -0.147. The summed E-state index contributed by atoms with van der Waals surface area (Å²) in [6, 6.07) is 4.76. The molecule has 0 radical (unpaired) electrons. The van der Waals surface area contributed by atoms with Crippen LogP contribution in [0.2, 0.25) is 5.02 Å². The number of amides is 2. The molecule has 1 saturated heterocycles. The predicted molar refractivity (Wildman–Crippen MR) is 112 cm³/mol. The molecule has 0 unspecified atom stereocenters. The highest BCUT2D eigenvalue weighted by molar-refractivity contribution is 6.31. The standard InChI is InChI=1S/C20H20ClF3N6O/c21-14-8-13(28-19(31)29-16-10-26-15-2-1-5-25-18(15)16)9-27-17(14)12-3-6-30(7-4-12)11-20(22,23)24/h1-2,5,8-10,12,26H,3-4,6-7,11H2,(H2,28,29,31). The van der Waals surface area contributed by atoms with Crippen LogP contribution < -0.4 is 10.6 Å². The van der Waals surface area contributed by atoms with Crippen molar-refractivity contribution in [3.8, 4) is 0 Å². The molecule has 4 rings (SSSR count). The molecule has 1 aliphatic rings. The van der Waals surface area contributed by atoms with Crippen LogP contribution in [0.5, 0.6) is 0 Å². The van der Waals surface area contributed by atoms with Gasteiger partial charge in [-0.1, -0.05) is 11.6 Å². The molecule has 0 spiro atoms. The third-order valence-electron chi connectivity index (χ3n) is 5.19. The zero-order valence-corrected chi connectivity index (χ0v) is 17.1. The van der Waals surface area contributed by atoms with Gasteiger partial charge < -0.3 is 15.6 Å². The summed E-state index contributed by atoms with van der Waals surface area (Å²) < 4.78 is 37.6. The number of aromatic nitrogens is 3. The van der Waals surface area contributed by atoms with E-state index in [4.69, 9.17) is 11.6 Å². The molecule has 2 amide bonds. The van der Waals surface area contributed by atoms with Gasteiger partial charge in [0.15, 0.2) is 0 Å². The molecule has 3 aromatic heterocycles. The number of aromatic amines is 1. The lowest BCUT2D eigenvalue weighted by Gasteiger charge is -2.32. The van der Waals surface area contributed by atoms with Crippen molar-refractivity contribution in [2.45, 2.75) is 24.9 Å². The highest BCUT2D eigenvalue weighted by atomic mass is 35.5. The van der Waals surface area contributed by atoms with Gasteiger partial charge in [0, 0.05) is 18.3 Å². The minimum atomic E-state index is -4.20. The number of rotatable bonds is 4. The summed E-state index contributed by atoms with van der Waals surface area (Å²) in [7, 11) is 0. The number of urea groups is 1. The molecule has 7 nitrogen and oxygen atoms in total. The van der Waals surface area contributed by atoms with Crippen LogP contribution in [-0.4, -0.2) is 51.7 Å². The SMILES string of the molecule is O=C(Nc1cnc(C2CCN(CC(F)(F)F)CC2)c(Cl)c1)Nc1c[nH]c2cccnc12. The number of pyridine rings is 2. The van der Waals surface area contributed by atoms with Gasteiger partial charge in [0.2, 0.25) is 0 Å². The number of alkyl halides is 3. The molecular weight excluding hydrogens is 433 g/mol. The summed E-state index contributed by atoms with van der Waals surface area (Å²) in [6.45, 7) is -0.225. The maximum atomic E-state index is 12.5. The quantitative estimate of drug-likeness (QED) is 0.520. The number of halogens is 4. The van der Waals surface area contributed by atoms with Crippen molar-refractivity contribution >= 4 is 40.0 Å². The second-order valence-corrected chi connectivity index (χ2v) is 7.84. The van der Waals surface area contributed by atoms with Crippen LogP contribution >= 0.6 is 11.6 Å². The smallest absolute Gasteiger partial charge is 0.358 e. The number of hydrogen-bond donors (Lipinski definition) is 3. The number of nitrogens with one attached hydrogen (secondary N) is 3. The Bertz CT molecular complexity index is 1080. The van der Waals surface area contributed by atoms with Crippen LogP contribution in [0.25, 0.3) is 11.0 Å². The number of carbonyl (C=O) groups excluding carboxylic acids is 1. The maximum absolute atomic E-state index is 12.5. The van der Waals surface area contributed by atoms with Crippen LogP contribution in [0, 0.1) is 0 Å². The number of likely N-dealkylation sites (tertiary alicyclic amines) is 1. The average Bonchev–Trinajstić information content (AvgIpc) is 3.11. The number of anilines is 2. The predicted octanol–water partition coefficient (Wildman–Crippen LogP) is 5.00. The number of hydrogen-bond acceptors (Lipinski definition) is 4. The Balaban J connectivity index is 1.36. The summed E-state index contributed by atoms with van der Waals surface area (Å²) in [5.74, 6) is -0.0165. The number of H-pyrrole nitrogens is 1. The molecule has 31 heavy (non-hydrogen) atoms. The normalized spacial score (nSPS) is 15.9. The Labute approximate surface area is 181 Å². The molecule has 164 valence electrons. The monoisotopic (exact) mass is 452 g/mol. The molecule has 3 aromatic rings. The topological polar surface area (TPSA) is 85.9 Å². The third-order valence-corrected chi connectivity index (χ3v) is 5.49. The zero-order valence-electron chi connectivity index (χ0n) is 16.3. The third kappa shape index (κ3) is 5.26. The minimum Gasteiger partial charge on any atom is -0.358 e. The highest BCUT2D eigenvalue weighted by Crippen LogP contribution is 2.33. The molecular formula is C20H20ClF3N6O. The fourth-order valence-electron chi connectivity index (χ4n) is 3.77. The Morgan fingerprint density at radius 3 is 2.74 bits per heavy atom. The highest BCUT2D eigenvalue weighted by Gasteiger charge is 2.33. The van der Waals surface area contributed by atoms with Crippen molar-refractivity contribution in [1.29, 1.82) is 0 Å². The zero-order chi connectivity index (χ0) is 22.0. The Hall–Kier alpha value is -2.85. The van der Waals surface area contributed by atoms with E-state index in [1.165, 1.54) is 11.1 Å². The first-order valence-corrected chi connectivity index (χ1v) is 10.1. The van der Waals surface area contributed by atoms with E-state index < -0.39 is 18.8 Å². The van der Waals surface area contributed by atoms with Gasteiger partial charge in [-0.2, -0.15) is 13.2 Å². The van der Waals surface area contributed by atoms with Gasteiger partial charge in [-0.3, -0.25) is 14.9 Å². The summed E-state index contributed by atoms with van der Waals surface area (Å²) in [4.78, 5) is 25.4. The molecule has 4 heterocycles. The first kappa shape index (κ1) is 21.4. The Morgan fingerprint density at radius 1 is 1.26 bits per heavy atom. The Kier molecular flexibility index (Phi) is 6.01. The van der Waals surface area contributed by atoms with Crippen LogP contribution in [0.4, 0.5) is 29.3 Å². The van der Waals surface area contributed by atoms with Gasteiger partial charge in [-0.25, -0.2) is 4.79 Å². The van der Waals surface area contributed by atoms with Crippen LogP contribution in [0.15, 0.2) is 36.8 Å². The van der Waals surface area contributed by atoms with E-state index in [0.29, 0.717) is 53.5 Å². The van der Waals surface area contributed by atoms with Crippen molar-refractivity contribution in [3.63, 3.8) is 0 Å². The fraction of sp³-hybridized carbons (Fsp3) is 0.350. The molecule has 0 aromatic carbocycles. The number of piperidine rings is 1. The van der Waals surface area contributed by atoms with Gasteiger partial charge in [0.25, 0.3) is 0 Å². The van der Waals surface area contributed by atoms with Gasteiger partial charge in [0.05, 0.1) is 40.3 Å². The first-order chi connectivity index (χ1) is 14.8. The van der Waals surface area contributed by atoms with Gasteiger partial charge in [0.1, 0.15) is 5.52 Å². The van der Waals surface area contributed by atoms with E-state index >= 15 is 0 Å². The van der Waals surface area contributed by atoms with Crippen LogP contribution in [0.1, 0.15) is 24.5 Å². The van der Waals surface area contributed by atoms with Gasteiger partial charge in [-0.15, -0.1) is 0 Å². The number of nitrogens with zero attached hydrogens (tertiary/aromatic N) is 3. The summed E-state index contributed by atoms with van der Waals surface area (Å²) in [5.41, 5.74) is 3.03. The molecule has 0 atom stereocenters. The maximum Gasteiger partial charge on any atom is 0.401 e. The van der Waals surface area contributed by atoms with E-state index in [9.17, 15) is 18.0 Å². The lowest BCUT2D eigenvalue weighted by atomic mass is 9.93. The average molecular weight is 453 g/mol. The van der Waals surface area contributed by atoms with E-state index in [-0.39, 0.29) is 5.92 Å². The van der Waals surface area contributed by atoms with Gasteiger partial charge in [-0.05, 0) is 44.1 Å². The second-order valence-electron chi connectivity index (χ2n) is 7.44. The second kappa shape index (κ2) is 8.72. The molecule has 11 heteroatoms. The molecule has 1 aliphatic heterocycles. The van der Waals surface area contributed by atoms with E-state index in [0.717, 1.165) is 5.52 Å². The van der Waals surface area contributed by atoms with Gasteiger partial charge >= 0.3 is 12.2 Å². The molecule has 0 aliphatic carbocycles. The summed E-state index contributed by atoms with van der Waals surface area (Å²) in [6.07, 6.45) is 1.68. The minimum absolute atomic E-state index is 0.0165. The molecule has 0 saturated carbocycles. The Morgan fingerprint density at radius 2 is 2.03 bits per heavy atom. The molecule has 3 N–H and O–H groups in total. The summed E-state index contributed by atoms with van der Waals surface area (Å²) >= 11 is 6.37. The number of fused-ring (bicyclic) bond motifs is 1. The van der Waals surface area contributed by atoms with Crippen molar-refractivity contribution in [3.05, 3.63) is 47.5 Å². The molecule has 1 fully saturated rings. The summed E-state index contributed by atoms with van der Waals surface area (Å²) in [5, 5.41) is 5.77. The van der Waals surface area contributed by atoms with E-state index in [2.05, 4.69) is 25.6 Å². The van der Waals surface area contributed by atoms with Crippen molar-refractivity contribution in [2.75, 3.05) is 30.3 Å². The van der Waals surface area contributed by atoms with Crippen LogP contribution in [-0.2, 0) is 0 Å². The fourth-order valence-corrected chi connectivity index (χ4v) is 4.09. The molecule has 0 bridgehead atoms. The largest absolute Gasteiger partial charge is 0.401 e. The van der Waals surface area contributed by atoms with Crippen molar-refractivity contribution in [1.82, 2.24) is 19.9 Å². The van der Waals surface area contributed by atoms with Crippen molar-refractivity contribution in [2.24, 2.45) is 0 Å². The first-order valence-electron chi connectivity index (χ1n) is 9.73. The lowest BCUT2D eigenvalue weighted by Crippen LogP contribution is -2.39.